The highest BCUT2D eigenvalue weighted by Crippen LogP contribution is 2.36. The van der Waals surface area contributed by atoms with Crippen LogP contribution in [0.3, 0.4) is 0 Å². The number of carbonyl (C=O) groups excluding carboxylic acids is 2. The normalized spacial score (nSPS) is 14.4. The van der Waals surface area contributed by atoms with Gasteiger partial charge in [0.05, 0.1) is 10.6 Å². The Morgan fingerprint density at radius 1 is 0.947 bits per heavy atom. The van der Waals surface area contributed by atoms with E-state index >= 15 is 0 Å². The van der Waals surface area contributed by atoms with Crippen molar-refractivity contribution in [2.45, 2.75) is 27.7 Å². The molecule has 1 aliphatic heterocycles. The van der Waals surface area contributed by atoms with Crippen LogP contribution in [0.4, 0.5) is 0 Å². The molecule has 3 aromatic carbocycles. The van der Waals surface area contributed by atoms with Gasteiger partial charge in [-0.25, -0.2) is 4.68 Å². The molecule has 0 atom stereocenters. The first kappa shape index (κ1) is 25.6. The number of thiocarbonyl (C=S) groups is 1. The summed E-state index contributed by atoms with van der Waals surface area (Å²) in [5.41, 5.74) is 11.0. The van der Waals surface area contributed by atoms with Gasteiger partial charge in [-0.2, -0.15) is 10.1 Å². The average Bonchev–Trinajstić information content (AvgIpc) is 3.40. The maximum Gasteiger partial charge on any atom is 0.285 e. The lowest BCUT2D eigenvalue weighted by molar-refractivity contribution is -0.123. The summed E-state index contributed by atoms with van der Waals surface area (Å²) in [4.78, 5) is 26.5. The van der Waals surface area contributed by atoms with Crippen molar-refractivity contribution in [1.29, 1.82) is 0 Å². The number of rotatable bonds is 5. The third kappa shape index (κ3) is 5.05. The average molecular weight is 539 g/mol. The Morgan fingerprint density at radius 3 is 2.26 bits per heavy atom. The molecule has 0 spiro atoms. The number of carbonyl (C=O) groups is 2. The fourth-order valence-electron chi connectivity index (χ4n) is 4.53. The number of aromatic nitrogens is 2. The van der Waals surface area contributed by atoms with Crippen LogP contribution in [0.15, 0.2) is 77.8 Å². The number of benzene rings is 3. The summed E-state index contributed by atoms with van der Waals surface area (Å²) in [6, 6.07) is 21.2. The fraction of sp³-hybridized carbons (Fsp3) is 0.133. The van der Waals surface area contributed by atoms with Crippen LogP contribution in [0, 0.1) is 27.7 Å². The minimum atomic E-state index is -0.397. The Morgan fingerprint density at radius 2 is 1.61 bits per heavy atom. The van der Waals surface area contributed by atoms with E-state index in [9.17, 15) is 9.59 Å². The molecule has 0 unspecified atom stereocenters. The van der Waals surface area contributed by atoms with Gasteiger partial charge in [0, 0.05) is 22.9 Å². The monoisotopic (exact) mass is 538 g/mol. The number of hydrazine groups is 1. The van der Waals surface area contributed by atoms with Gasteiger partial charge in [0.2, 0.25) is 0 Å². The van der Waals surface area contributed by atoms with E-state index in [1.54, 1.807) is 18.2 Å². The van der Waals surface area contributed by atoms with Crippen LogP contribution in [-0.2, 0) is 4.79 Å². The summed E-state index contributed by atoms with van der Waals surface area (Å²) >= 11 is 6.61. The van der Waals surface area contributed by atoms with Crippen LogP contribution in [0.25, 0.3) is 23.0 Å². The number of hydrogen-bond donors (Lipinski definition) is 1. The second-order valence-electron chi connectivity index (χ2n) is 9.31. The van der Waals surface area contributed by atoms with E-state index < -0.39 is 5.91 Å². The summed E-state index contributed by atoms with van der Waals surface area (Å²) in [5, 5.41) is 6.07. The molecular formula is C30H26N4O2S2. The molecule has 1 N–H and O–H groups in total. The Kier molecular flexibility index (Phi) is 7.01. The lowest BCUT2D eigenvalue weighted by atomic mass is 9.95. The lowest BCUT2D eigenvalue weighted by Gasteiger charge is -2.15. The standard InChI is InChI=1S/C30H26N4O2S2/c1-18-10-12-22(13-11-18)28(35)32-34-29(36)25(38-30(34)37)16-23-17-33(24-8-6-5-7-9-24)31-27(23)26-20(3)14-19(2)15-21(26)4/h5-17H,1-4H3,(H,32,35)/b25-16-. The maximum absolute atomic E-state index is 13.4. The van der Waals surface area contributed by atoms with Crippen molar-refractivity contribution in [3.05, 3.63) is 111 Å². The molecule has 4 aromatic rings. The van der Waals surface area contributed by atoms with Crippen molar-refractivity contribution < 1.29 is 9.59 Å². The van der Waals surface area contributed by atoms with Gasteiger partial charge in [-0.1, -0.05) is 65.4 Å². The number of thioether (sulfide) groups is 1. The molecule has 5 rings (SSSR count). The first-order valence-corrected chi connectivity index (χ1v) is 13.3. The van der Waals surface area contributed by atoms with Crippen molar-refractivity contribution in [3.63, 3.8) is 0 Å². The largest absolute Gasteiger partial charge is 0.285 e. The van der Waals surface area contributed by atoms with Gasteiger partial charge in [0.15, 0.2) is 4.32 Å². The Balaban J connectivity index is 1.52. The van der Waals surface area contributed by atoms with Crippen LogP contribution < -0.4 is 5.43 Å². The van der Waals surface area contributed by atoms with E-state index in [2.05, 4.69) is 38.3 Å². The van der Waals surface area contributed by atoms with Gasteiger partial charge in [-0.15, -0.1) is 0 Å². The molecule has 1 aromatic heterocycles. The second kappa shape index (κ2) is 10.4. The van der Waals surface area contributed by atoms with E-state index in [1.807, 2.05) is 60.3 Å². The Labute approximate surface area is 231 Å². The van der Waals surface area contributed by atoms with Crippen LogP contribution >= 0.6 is 24.0 Å². The molecule has 6 nitrogen and oxygen atoms in total. The van der Waals surface area contributed by atoms with Gasteiger partial charge in [-0.05, 0) is 81.4 Å². The van der Waals surface area contributed by atoms with Gasteiger partial charge in [-0.3, -0.25) is 15.0 Å². The highest BCUT2D eigenvalue weighted by atomic mass is 32.2. The Bertz CT molecular complexity index is 1580. The van der Waals surface area contributed by atoms with E-state index in [4.69, 9.17) is 17.3 Å². The van der Waals surface area contributed by atoms with Crippen molar-refractivity contribution in [3.8, 4) is 16.9 Å². The zero-order valence-electron chi connectivity index (χ0n) is 21.5. The molecule has 0 radical (unpaired) electrons. The third-order valence-corrected chi connectivity index (χ3v) is 7.59. The van der Waals surface area contributed by atoms with Crippen molar-refractivity contribution in [2.75, 3.05) is 0 Å². The predicted molar refractivity (Wildman–Crippen MR) is 157 cm³/mol. The third-order valence-electron chi connectivity index (χ3n) is 6.28. The molecule has 2 amide bonds. The number of aryl methyl sites for hydroxylation is 4. The van der Waals surface area contributed by atoms with Crippen LogP contribution in [-0.4, -0.2) is 30.9 Å². The van der Waals surface area contributed by atoms with Crippen molar-refractivity contribution in [1.82, 2.24) is 20.2 Å². The first-order valence-electron chi connectivity index (χ1n) is 12.1. The SMILES string of the molecule is Cc1ccc(C(=O)NN2C(=O)/C(=C/c3cn(-c4ccccc4)nc3-c3c(C)cc(C)cc3C)SC2=S)cc1. The molecule has 1 fully saturated rings. The molecule has 0 saturated carbocycles. The molecule has 0 aliphatic carbocycles. The van der Waals surface area contributed by atoms with Gasteiger partial charge in [0.1, 0.15) is 5.69 Å². The lowest BCUT2D eigenvalue weighted by Crippen LogP contribution is -2.44. The summed E-state index contributed by atoms with van der Waals surface area (Å²) in [5.74, 6) is -0.776. The minimum Gasteiger partial charge on any atom is -0.267 e. The molecule has 2 heterocycles. The maximum atomic E-state index is 13.4. The van der Waals surface area contributed by atoms with Gasteiger partial charge in [0.25, 0.3) is 11.8 Å². The number of amides is 2. The van der Waals surface area contributed by atoms with Crippen LogP contribution in [0.1, 0.15) is 38.2 Å². The smallest absolute Gasteiger partial charge is 0.267 e. The zero-order chi connectivity index (χ0) is 27.0. The molecule has 38 heavy (non-hydrogen) atoms. The second-order valence-corrected chi connectivity index (χ2v) is 11.0. The van der Waals surface area contributed by atoms with Gasteiger partial charge < -0.3 is 0 Å². The van der Waals surface area contributed by atoms with Crippen molar-refractivity contribution >= 4 is 46.2 Å². The topological polar surface area (TPSA) is 67.2 Å². The molecular weight excluding hydrogens is 512 g/mol. The minimum absolute atomic E-state index is 0.265. The number of hydrogen-bond acceptors (Lipinski definition) is 5. The highest BCUT2D eigenvalue weighted by molar-refractivity contribution is 8.26. The number of para-hydroxylation sites is 1. The van der Waals surface area contributed by atoms with E-state index in [-0.39, 0.29) is 10.2 Å². The van der Waals surface area contributed by atoms with Crippen LogP contribution in [0.5, 0.6) is 0 Å². The summed E-state index contributed by atoms with van der Waals surface area (Å²) in [6.45, 7) is 8.16. The summed E-state index contributed by atoms with van der Waals surface area (Å²) < 4.78 is 2.08. The van der Waals surface area contributed by atoms with E-state index in [0.717, 1.165) is 56.0 Å². The fourth-order valence-corrected chi connectivity index (χ4v) is 5.70. The first-order chi connectivity index (χ1) is 18.2. The zero-order valence-corrected chi connectivity index (χ0v) is 23.1. The number of nitrogens with zero attached hydrogens (tertiary/aromatic N) is 3. The predicted octanol–water partition coefficient (Wildman–Crippen LogP) is 6.32. The molecule has 8 heteroatoms. The molecule has 1 aliphatic rings. The van der Waals surface area contributed by atoms with Crippen LogP contribution in [0.2, 0.25) is 0 Å². The molecule has 1 saturated heterocycles. The summed E-state index contributed by atoms with van der Waals surface area (Å²) in [6.07, 6.45) is 3.72. The summed E-state index contributed by atoms with van der Waals surface area (Å²) in [7, 11) is 0. The molecule has 190 valence electrons. The van der Waals surface area contributed by atoms with Gasteiger partial charge >= 0.3 is 0 Å². The highest BCUT2D eigenvalue weighted by Gasteiger charge is 2.34. The number of nitrogens with one attached hydrogen (secondary N) is 1. The van der Waals surface area contributed by atoms with E-state index in [1.165, 1.54) is 5.56 Å². The quantitative estimate of drug-likeness (QED) is 0.238. The Hall–Kier alpha value is -4.01. The van der Waals surface area contributed by atoms with Crippen molar-refractivity contribution in [2.24, 2.45) is 0 Å². The molecule has 0 bridgehead atoms. The van der Waals surface area contributed by atoms with E-state index in [0.29, 0.717) is 10.5 Å².